The van der Waals surface area contributed by atoms with Crippen molar-refractivity contribution < 1.29 is 19.5 Å². The summed E-state index contributed by atoms with van der Waals surface area (Å²) in [5, 5.41) is 13.9. The van der Waals surface area contributed by atoms with Crippen molar-refractivity contribution in [2.45, 2.75) is 38.8 Å². The summed E-state index contributed by atoms with van der Waals surface area (Å²) in [6.07, 6.45) is 0.0274. The maximum atomic E-state index is 11.8. The van der Waals surface area contributed by atoms with E-state index in [9.17, 15) is 14.4 Å². The molecule has 1 aliphatic heterocycles. The summed E-state index contributed by atoms with van der Waals surface area (Å²) in [6.45, 7) is 4.77. The molecule has 0 radical (unpaired) electrons. The summed E-state index contributed by atoms with van der Waals surface area (Å²) >= 11 is 0. The fourth-order valence-electron chi connectivity index (χ4n) is 1.63. The highest BCUT2D eigenvalue weighted by molar-refractivity contribution is 6.06. The average Bonchev–Trinajstić information content (AvgIpc) is 2.46. The molecule has 0 aromatic carbocycles. The van der Waals surface area contributed by atoms with Crippen molar-refractivity contribution in [1.82, 2.24) is 15.5 Å². The second-order valence-electron chi connectivity index (χ2n) is 4.91. The molecule has 7 nitrogen and oxygen atoms in total. The molecule has 102 valence electrons. The number of carbonyl (C=O) groups is 3. The zero-order chi connectivity index (χ0) is 13.9. The zero-order valence-corrected chi connectivity index (χ0v) is 10.8. The molecule has 3 N–H and O–H groups in total. The monoisotopic (exact) mass is 257 g/mol. The fourth-order valence-corrected chi connectivity index (χ4v) is 1.63. The van der Waals surface area contributed by atoms with E-state index in [4.69, 9.17) is 5.11 Å². The first kappa shape index (κ1) is 14.4. The Labute approximate surface area is 106 Å². The van der Waals surface area contributed by atoms with Gasteiger partial charge in [-0.3, -0.25) is 14.5 Å². The number of nitrogens with one attached hydrogen (secondary N) is 2. The van der Waals surface area contributed by atoms with E-state index >= 15 is 0 Å². The lowest BCUT2D eigenvalue weighted by atomic mass is 10.1. The topological polar surface area (TPSA) is 98.7 Å². The van der Waals surface area contributed by atoms with Crippen LogP contribution in [0.4, 0.5) is 4.79 Å². The van der Waals surface area contributed by atoms with Crippen LogP contribution in [0.15, 0.2) is 0 Å². The fraction of sp³-hybridized carbons (Fsp3) is 0.727. The van der Waals surface area contributed by atoms with E-state index < -0.39 is 11.6 Å². The largest absolute Gasteiger partial charge is 0.394 e. The SMILES string of the molecule is CC(CO)NC(=O)CCN1C(=O)NC(C)(C)C1=O. The van der Waals surface area contributed by atoms with Gasteiger partial charge in [0.05, 0.1) is 6.61 Å². The normalized spacial score (nSPS) is 19.7. The van der Waals surface area contributed by atoms with Crippen LogP contribution in [-0.2, 0) is 9.59 Å². The molecule has 1 saturated heterocycles. The van der Waals surface area contributed by atoms with Crippen LogP contribution in [0.1, 0.15) is 27.2 Å². The number of imide groups is 1. The van der Waals surface area contributed by atoms with Gasteiger partial charge >= 0.3 is 6.03 Å². The van der Waals surface area contributed by atoms with Crippen molar-refractivity contribution in [3.63, 3.8) is 0 Å². The zero-order valence-electron chi connectivity index (χ0n) is 10.8. The molecule has 4 amide bonds. The number of urea groups is 1. The molecule has 0 aromatic rings. The molecule has 0 aromatic heterocycles. The maximum absolute atomic E-state index is 11.8. The smallest absolute Gasteiger partial charge is 0.325 e. The summed E-state index contributed by atoms with van der Waals surface area (Å²) in [4.78, 5) is 35.8. The van der Waals surface area contributed by atoms with Gasteiger partial charge < -0.3 is 15.7 Å². The molecule has 1 unspecified atom stereocenters. The van der Waals surface area contributed by atoms with Crippen LogP contribution in [0.2, 0.25) is 0 Å². The van der Waals surface area contributed by atoms with Crippen molar-refractivity contribution in [1.29, 1.82) is 0 Å². The summed E-state index contributed by atoms with van der Waals surface area (Å²) < 4.78 is 0. The predicted octanol–water partition coefficient (Wildman–Crippen LogP) is -0.796. The molecule has 1 rings (SSSR count). The molecule has 0 bridgehead atoms. The Morgan fingerprint density at radius 3 is 2.56 bits per heavy atom. The third-order valence-electron chi connectivity index (χ3n) is 2.69. The van der Waals surface area contributed by atoms with E-state index in [1.165, 1.54) is 0 Å². The van der Waals surface area contributed by atoms with Crippen LogP contribution in [0, 0.1) is 0 Å². The quantitative estimate of drug-likeness (QED) is 0.562. The minimum Gasteiger partial charge on any atom is -0.394 e. The van der Waals surface area contributed by atoms with Crippen molar-refractivity contribution in [2.24, 2.45) is 0 Å². The number of aliphatic hydroxyl groups is 1. The molecule has 0 spiro atoms. The second-order valence-corrected chi connectivity index (χ2v) is 4.91. The number of rotatable bonds is 5. The molecule has 18 heavy (non-hydrogen) atoms. The molecular formula is C11H19N3O4. The van der Waals surface area contributed by atoms with E-state index in [0.717, 1.165) is 4.90 Å². The number of hydrogen-bond donors (Lipinski definition) is 3. The van der Waals surface area contributed by atoms with Gasteiger partial charge in [-0.05, 0) is 20.8 Å². The molecule has 1 heterocycles. The van der Waals surface area contributed by atoms with E-state index in [2.05, 4.69) is 10.6 Å². The highest BCUT2D eigenvalue weighted by Gasteiger charge is 2.43. The maximum Gasteiger partial charge on any atom is 0.325 e. The highest BCUT2D eigenvalue weighted by Crippen LogP contribution is 2.16. The van der Waals surface area contributed by atoms with Gasteiger partial charge in [-0.2, -0.15) is 0 Å². The van der Waals surface area contributed by atoms with Gasteiger partial charge in [0.2, 0.25) is 5.91 Å². The minimum absolute atomic E-state index is 0.0274. The highest BCUT2D eigenvalue weighted by atomic mass is 16.3. The van der Waals surface area contributed by atoms with Gasteiger partial charge in [-0.1, -0.05) is 0 Å². The lowest BCUT2D eigenvalue weighted by molar-refractivity contribution is -0.130. The summed E-state index contributed by atoms with van der Waals surface area (Å²) in [5.74, 6) is -0.641. The number of amides is 4. The van der Waals surface area contributed by atoms with Gasteiger partial charge in [0.15, 0.2) is 0 Å². The first-order chi connectivity index (χ1) is 8.27. The van der Waals surface area contributed by atoms with Gasteiger partial charge in [0.1, 0.15) is 5.54 Å². The molecule has 0 saturated carbocycles. The molecule has 1 atom stereocenters. The number of nitrogens with zero attached hydrogens (tertiary/aromatic N) is 1. The number of carbonyl (C=O) groups excluding carboxylic acids is 3. The first-order valence-corrected chi connectivity index (χ1v) is 5.82. The molecule has 7 heteroatoms. The summed E-state index contributed by atoms with van der Waals surface area (Å²) in [5.41, 5.74) is -0.911. The van der Waals surface area contributed by atoms with Crippen LogP contribution in [0.25, 0.3) is 0 Å². The van der Waals surface area contributed by atoms with Crippen LogP contribution in [0.5, 0.6) is 0 Å². The van der Waals surface area contributed by atoms with E-state index in [-0.39, 0.29) is 37.4 Å². The first-order valence-electron chi connectivity index (χ1n) is 5.82. The van der Waals surface area contributed by atoms with Gasteiger partial charge in [0.25, 0.3) is 5.91 Å². The average molecular weight is 257 g/mol. The van der Waals surface area contributed by atoms with Crippen molar-refractivity contribution in [3.05, 3.63) is 0 Å². The van der Waals surface area contributed by atoms with Crippen LogP contribution < -0.4 is 10.6 Å². The van der Waals surface area contributed by atoms with Gasteiger partial charge in [-0.15, -0.1) is 0 Å². The van der Waals surface area contributed by atoms with Crippen molar-refractivity contribution in [3.8, 4) is 0 Å². The van der Waals surface area contributed by atoms with Crippen LogP contribution in [-0.4, -0.2) is 52.6 Å². The Kier molecular flexibility index (Phi) is 4.28. The Morgan fingerprint density at radius 2 is 2.11 bits per heavy atom. The third kappa shape index (κ3) is 3.19. The van der Waals surface area contributed by atoms with Crippen molar-refractivity contribution in [2.75, 3.05) is 13.2 Å². The predicted molar refractivity (Wildman–Crippen MR) is 63.6 cm³/mol. The molecule has 0 aliphatic carbocycles. The van der Waals surface area contributed by atoms with Crippen molar-refractivity contribution >= 4 is 17.8 Å². The molecule has 1 aliphatic rings. The summed E-state index contributed by atoms with van der Waals surface area (Å²) in [6, 6.07) is -0.815. The van der Waals surface area contributed by atoms with Gasteiger partial charge in [0, 0.05) is 19.0 Å². The van der Waals surface area contributed by atoms with Gasteiger partial charge in [-0.25, -0.2) is 4.79 Å². The Morgan fingerprint density at radius 1 is 1.50 bits per heavy atom. The van der Waals surface area contributed by atoms with E-state index in [1.54, 1.807) is 20.8 Å². The number of hydrogen-bond acceptors (Lipinski definition) is 4. The standard InChI is InChI=1S/C11H19N3O4/c1-7(6-15)12-8(16)4-5-14-9(17)11(2,3)13-10(14)18/h7,15H,4-6H2,1-3H3,(H,12,16)(H,13,18). The van der Waals surface area contributed by atoms with E-state index in [1.807, 2.05) is 0 Å². The van der Waals surface area contributed by atoms with Crippen LogP contribution >= 0.6 is 0 Å². The second kappa shape index (κ2) is 5.34. The summed E-state index contributed by atoms with van der Waals surface area (Å²) in [7, 11) is 0. The number of aliphatic hydroxyl groups excluding tert-OH is 1. The minimum atomic E-state index is -0.911. The lowest BCUT2D eigenvalue weighted by Gasteiger charge is -2.16. The Balaban J connectivity index is 2.47. The van der Waals surface area contributed by atoms with E-state index in [0.29, 0.717) is 0 Å². The lowest BCUT2D eigenvalue weighted by Crippen LogP contribution is -2.41. The third-order valence-corrected chi connectivity index (χ3v) is 2.69. The Bertz CT molecular complexity index is 367. The van der Waals surface area contributed by atoms with Crippen LogP contribution in [0.3, 0.4) is 0 Å². The Hall–Kier alpha value is -1.63. The molecular weight excluding hydrogens is 238 g/mol. The molecule has 1 fully saturated rings.